The van der Waals surface area contributed by atoms with Gasteiger partial charge >= 0.3 is 0 Å². The number of nitrogens with zero attached hydrogens (tertiary/aromatic N) is 4. The Balaban J connectivity index is 1.99. The molecule has 0 atom stereocenters. The highest BCUT2D eigenvalue weighted by molar-refractivity contribution is 7.99. The minimum Gasteiger partial charge on any atom is -0.245 e. The van der Waals surface area contributed by atoms with Gasteiger partial charge in [-0.05, 0) is 24.6 Å². The van der Waals surface area contributed by atoms with E-state index in [1.165, 1.54) is 23.9 Å². The normalized spacial score (nSPS) is 11.2. The van der Waals surface area contributed by atoms with Crippen LogP contribution in [0.15, 0.2) is 34.5 Å². The average molecular weight is 290 g/mol. The summed E-state index contributed by atoms with van der Waals surface area (Å²) in [7, 11) is 0. The number of halogens is 1. The third-order valence-corrected chi connectivity index (χ3v) is 3.04. The van der Waals surface area contributed by atoms with Crippen molar-refractivity contribution in [3.8, 4) is 6.07 Å². The number of benzene rings is 1. The molecule has 2 N–H and O–H groups in total. The standard InChI is InChI=1S/C12H11FN6S/c1-8(9-2-4-10(13)5-3-9)16-17-11-15-12(19-18-11)20-7-6-14/h2-5H,7H2,1H3,(H2,15,17,18,19)/b16-8-. The Morgan fingerprint density at radius 1 is 1.50 bits per heavy atom. The van der Waals surface area contributed by atoms with Crippen molar-refractivity contribution >= 4 is 23.4 Å². The number of hydrazone groups is 1. The fourth-order valence-corrected chi connectivity index (χ4v) is 1.81. The van der Waals surface area contributed by atoms with Crippen LogP contribution in [0.25, 0.3) is 0 Å². The van der Waals surface area contributed by atoms with E-state index in [1.807, 2.05) is 6.07 Å². The fourth-order valence-electron chi connectivity index (χ4n) is 1.35. The second-order valence-corrected chi connectivity index (χ2v) is 4.67. The van der Waals surface area contributed by atoms with Crippen LogP contribution in [0, 0.1) is 17.1 Å². The van der Waals surface area contributed by atoms with E-state index in [2.05, 4.69) is 25.7 Å². The highest BCUT2D eigenvalue weighted by Crippen LogP contribution is 2.13. The Kier molecular flexibility index (Phi) is 4.68. The van der Waals surface area contributed by atoms with Gasteiger partial charge in [0, 0.05) is 0 Å². The summed E-state index contributed by atoms with van der Waals surface area (Å²) < 4.78 is 12.8. The SMILES string of the molecule is C/C(=N/Nc1nc(SCC#N)n[nH]1)c1ccc(F)cc1. The molecular weight excluding hydrogens is 279 g/mol. The molecule has 1 aromatic carbocycles. The van der Waals surface area contributed by atoms with Gasteiger partial charge in [0.15, 0.2) is 0 Å². The van der Waals surface area contributed by atoms with Gasteiger partial charge in [-0.3, -0.25) is 0 Å². The monoisotopic (exact) mass is 290 g/mol. The highest BCUT2D eigenvalue weighted by Gasteiger charge is 2.03. The largest absolute Gasteiger partial charge is 0.245 e. The molecule has 0 fully saturated rings. The number of anilines is 1. The van der Waals surface area contributed by atoms with E-state index in [9.17, 15) is 4.39 Å². The lowest BCUT2D eigenvalue weighted by Crippen LogP contribution is -2.00. The van der Waals surface area contributed by atoms with Crippen LogP contribution in [0.1, 0.15) is 12.5 Å². The lowest BCUT2D eigenvalue weighted by atomic mass is 10.1. The van der Waals surface area contributed by atoms with Crippen molar-refractivity contribution in [2.24, 2.45) is 5.10 Å². The van der Waals surface area contributed by atoms with Crippen LogP contribution >= 0.6 is 11.8 Å². The number of hydrogen-bond acceptors (Lipinski definition) is 6. The summed E-state index contributed by atoms with van der Waals surface area (Å²) in [6.45, 7) is 1.79. The molecule has 0 amide bonds. The maximum atomic E-state index is 12.8. The molecule has 0 saturated heterocycles. The van der Waals surface area contributed by atoms with Gasteiger partial charge in [-0.1, -0.05) is 23.9 Å². The van der Waals surface area contributed by atoms with Gasteiger partial charge < -0.3 is 0 Å². The van der Waals surface area contributed by atoms with Crippen molar-refractivity contribution in [2.75, 3.05) is 11.2 Å². The van der Waals surface area contributed by atoms with Crippen molar-refractivity contribution in [3.05, 3.63) is 35.6 Å². The first-order chi connectivity index (χ1) is 9.69. The minimum atomic E-state index is -0.288. The number of aromatic nitrogens is 3. The second-order valence-electron chi connectivity index (χ2n) is 3.73. The lowest BCUT2D eigenvalue weighted by molar-refractivity contribution is 0.628. The Morgan fingerprint density at radius 2 is 2.25 bits per heavy atom. The topological polar surface area (TPSA) is 89.8 Å². The van der Waals surface area contributed by atoms with Crippen LogP contribution in [0.4, 0.5) is 10.3 Å². The van der Waals surface area contributed by atoms with E-state index in [0.717, 1.165) is 5.56 Å². The first kappa shape index (κ1) is 14.0. The van der Waals surface area contributed by atoms with Gasteiger partial charge in [0.2, 0.25) is 11.1 Å². The molecule has 0 saturated carbocycles. The summed E-state index contributed by atoms with van der Waals surface area (Å²) in [6, 6.07) is 8.03. The Labute approximate surface area is 119 Å². The summed E-state index contributed by atoms with van der Waals surface area (Å²) >= 11 is 1.23. The maximum Gasteiger partial charge on any atom is 0.240 e. The third-order valence-electron chi connectivity index (χ3n) is 2.32. The van der Waals surface area contributed by atoms with Gasteiger partial charge in [0.1, 0.15) is 5.82 Å². The van der Waals surface area contributed by atoms with E-state index in [0.29, 0.717) is 16.8 Å². The molecule has 0 aliphatic rings. The molecule has 20 heavy (non-hydrogen) atoms. The van der Waals surface area contributed by atoms with Crippen LogP contribution in [0.2, 0.25) is 0 Å². The maximum absolute atomic E-state index is 12.8. The summed E-state index contributed by atoms with van der Waals surface area (Å²) in [5.74, 6) is 0.380. The number of nitriles is 1. The molecule has 1 aromatic heterocycles. The summed E-state index contributed by atoms with van der Waals surface area (Å²) in [5, 5.41) is 19.6. The number of hydrogen-bond donors (Lipinski definition) is 2. The molecule has 2 rings (SSSR count). The van der Waals surface area contributed by atoms with E-state index < -0.39 is 0 Å². The zero-order chi connectivity index (χ0) is 14.4. The first-order valence-electron chi connectivity index (χ1n) is 5.67. The lowest BCUT2D eigenvalue weighted by Gasteiger charge is -2.00. The average Bonchev–Trinajstić information content (AvgIpc) is 2.91. The van der Waals surface area contributed by atoms with E-state index in [4.69, 9.17) is 5.26 Å². The predicted molar refractivity (Wildman–Crippen MR) is 75.0 cm³/mol. The molecule has 1 heterocycles. The number of aromatic amines is 1. The smallest absolute Gasteiger partial charge is 0.240 e. The van der Waals surface area contributed by atoms with E-state index >= 15 is 0 Å². The van der Waals surface area contributed by atoms with E-state index in [-0.39, 0.29) is 11.6 Å². The molecule has 0 spiro atoms. The number of rotatable bonds is 5. The van der Waals surface area contributed by atoms with Crippen LogP contribution < -0.4 is 5.43 Å². The van der Waals surface area contributed by atoms with Crippen LogP contribution in [0.5, 0.6) is 0 Å². The minimum absolute atomic E-state index is 0.287. The van der Waals surface area contributed by atoms with Crippen molar-refractivity contribution in [1.82, 2.24) is 15.2 Å². The van der Waals surface area contributed by atoms with Gasteiger partial charge in [-0.25, -0.2) is 14.9 Å². The molecular formula is C12H11FN6S. The molecule has 6 nitrogen and oxygen atoms in total. The highest BCUT2D eigenvalue weighted by atomic mass is 32.2. The molecule has 0 radical (unpaired) electrons. The summed E-state index contributed by atoms with van der Waals surface area (Å²) in [4.78, 5) is 4.09. The number of thioether (sulfide) groups is 1. The second kappa shape index (κ2) is 6.68. The Hall–Kier alpha value is -2.40. The van der Waals surface area contributed by atoms with Crippen LogP contribution in [-0.2, 0) is 0 Å². The molecule has 0 aliphatic carbocycles. The molecule has 0 unspecified atom stereocenters. The van der Waals surface area contributed by atoms with Gasteiger partial charge in [-0.15, -0.1) is 5.10 Å². The van der Waals surface area contributed by atoms with Crippen LogP contribution in [-0.4, -0.2) is 26.6 Å². The Morgan fingerprint density at radius 3 is 2.95 bits per heavy atom. The molecule has 0 bridgehead atoms. The molecule has 2 aromatic rings. The van der Waals surface area contributed by atoms with Crippen molar-refractivity contribution < 1.29 is 4.39 Å². The molecule has 0 aliphatic heterocycles. The predicted octanol–water partition coefficient (Wildman–Crippen LogP) is 2.40. The summed E-state index contributed by atoms with van der Waals surface area (Å²) in [6.07, 6.45) is 0. The molecule has 8 heteroatoms. The van der Waals surface area contributed by atoms with Crippen molar-refractivity contribution in [1.29, 1.82) is 5.26 Å². The third kappa shape index (κ3) is 3.80. The fraction of sp³-hybridized carbons (Fsp3) is 0.167. The van der Waals surface area contributed by atoms with Crippen molar-refractivity contribution in [2.45, 2.75) is 12.1 Å². The van der Waals surface area contributed by atoms with Gasteiger partial charge in [0.05, 0.1) is 17.5 Å². The van der Waals surface area contributed by atoms with Crippen LogP contribution in [0.3, 0.4) is 0 Å². The molecule has 102 valence electrons. The quantitative estimate of drug-likeness (QED) is 0.501. The summed E-state index contributed by atoms with van der Waals surface area (Å²) in [5.41, 5.74) is 4.21. The zero-order valence-corrected chi connectivity index (χ0v) is 11.4. The zero-order valence-electron chi connectivity index (χ0n) is 10.6. The first-order valence-corrected chi connectivity index (χ1v) is 6.66. The Bertz CT molecular complexity index is 643. The van der Waals surface area contributed by atoms with Gasteiger partial charge in [0.25, 0.3) is 0 Å². The number of H-pyrrole nitrogens is 1. The van der Waals surface area contributed by atoms with E-state index in [1.54, 1.807) is 19.1 Å². The van der Waals surface area contributed by atoms with Gasteiger partial charge in [-0.2, -0.15) is 15.3 Å². The number of nitrogens with one attached hydrogen (secondary N) is 2. The van der Waals surface area contributed by atoms with Crippen molar-refractivity contribution in [3.63, 3.8) is 0 Å².